The minimum absolute atomic E-state index is 0.0585. The zero-order valence-electron chi connectivity index (χ0n) is 16.4. The van der Waals surface area contributed by atoms with Gasteiger partial charge in [-0.3, -0.25) is 9.59 Å². The van der Waals surface area contributed by atoms with Crippen molar-refractivity contribution in [2.75, 3.05) is 5.32 Å². The number of nitrogens with two attached hydrogens (primary N) is 1. The van der Waals surface area contributed by atoms with E-state index in [4.69, 9.17) is 5.14 Å². The van der Waals surface area contributed by atoms with Gasteiger partial charge in [-0.05, 0) is 55.9 Å². The quantitative estimate of drug-likeness (QED) is 0.748. The summed E-state index contributed by atoms with van der Waals surface area (Å²) in [6, 6.07) is 3.33. The summed E-state index contributed by atoms with van der Waals surface area (Å²) in [5.74, 6) is -0.0515. The van der Waals surface area contributed by atoms with E-state index in [1.165, 1.54) is 24.3 Å². The zero-order valence-corrected chi connectivity index (χ0v) is 18.0. The largest absolute Gasteiger partial charge is 0.331 e. The third-order valence-electron chi connectivity index (χ3n) is 5.44. The summed E-state index contributed by atoms with van der Waals surface area (Å²) in [4.78, 5) is 31.0. The Balaban J connectivity index is 1.82. The van der Waals surface area contributed by atoms with E-state index in [0.29, 0.717) is 34.4 Å². The summed E-state index contributed by atoms with van der Waals surface area (Å²) in [6.45, 7) is 5.55. The number of aromatic nitrogens is 1. The Hall–Kier alpha value is -2.30. The van der Waals surface area contributed by atoms with E-state index in [-0.39, 0.29) is 28.3 Å². The predicted molar refractivity (Wildman–Crippen MR) is 110 cm³/mol. The molecule has 0 radical (unpaired) electrons. The summed E-state index contributed by atoms with van der Waals surface area (Å²) in [7, 11) is -4.10. The fourth-order valence-corrected chi connectivity index (χ4v) is 5.62. The van der Waals surface area contributed by atoms with Gasteiger partial charge in [-0.2, -0.15) is 0 Å². The molecule has 2 amide bonds. The van der Waals surface area contributed by atoms with Crippen molar-refractivity contribution >= 4 is 38.3 Å². The summed E-state index contributed by atoms with van der Waals surface area (Å²) in [6.07, 6.45) is 2.17. The lowest BCUT2D eigenvalue weighted by molar-refractivity contribution is -0.114. The van der Waals surface area contributed by atoms with Gasteiger partial charge >= 0.3 is 0 Å². The van der Waals surface area contributed by atoms with E-state index >= 15 is 0 Å². The van der Waals surface area contributed by atoms with Gasteiger partial charge in [0.25, 0.3) is 5.91 Å². The molecule has 1 atom stereocenters. The highest BCUT2D eigenvalue weighted by molar-refractivity contribution is 7.89. The topological polar surface area (TPSA) is 122 Å². The van der Waals surface area contributed by atoms with Crippen LogP contribution in [0.4, 0.5) is 5.13 Å². The molecular weight excluding hydrogens is 412 g/mol. The lowest BCUT2D eigenvalue weighted by atomic mass is 10.0. The number of carbonyl (C=O) groups is 2. The molecule has 1 saturated carbocycles. The molecule has 0 spiro atoms. The SMILES string of the molecule is CC(=O)Nc1nc(C)c(-c2cc3c(c(S(N)(=O)=O)c2)C(=O)N([C@@H](C)C2CC2)C3)s1. The molecule has 2 aliphatic rings. The first-order valence-corrected chi connectivity index (χ1v) is 11.7. The van der Waals surface area contributed by atoms with E-state index in [0.717, 1.165) is 17.7 Å². The fourth-order valence-electron chi connectivity index (χ4n) is 3.83. The lowest BCUT2D eigenvalue weighted by Gasteiger charge is -2.24. The molecule has 1 aromatic heterocycles. The van der Waals surface area contributed by atoms with Gasteiger partial charge in [0.05, 0.1) is 21.0 Å². The minimum atomic E-state index is -4.10. The Labute approximate surface area is 173 Å². The van der Waals surface area contributed by atoms with Gasteiger partial charge in [0.1, 0.15) is 0 Å². The summed E-state index contributed by atoms with van der Waals surface area (Å²) >= 11 is 1.25. The number of primary sulfonamides is 1. The van der Waals surface area contributed by atoms with Crippen LogP contribution in [0.15, 0.2) is 17.0 Å². The number of sulfonamides is 1. The number of hydrogen-bond donors (Lipinski definition) is 2. The van der Waals surface area contributed by atoms with Crippen LogP contribution in [0.3, 0.4) is 0 Å². The van der Waals surface area contributed by atoms with Gasteiger partial charge in [-0.15, -0.1) is 0 Å². The van der Waals surface area contributed by atoms with Gasteiger partial charge in [0, 0.05) is 19.5 Å². The van der Waals surface area contributed by atoms with Gasteiger partial charge in [0.2, 0.25) is 15.9 Å². The van der Waals surface area contributed by atoms with Crippen LogP contribution < -0.4 is 10.5 Å². The van der Waals surface area contributed by atoms with Crippen LogP contribution in [-0.2, 0) is 21.4 Å². The highest BCUT2D eigenvalue weighted by Crippen LogP contribution is 2.42. The average Bonchev–Trinajstić information content (AvgIpc) is 3.33. The van der Waals surface area contributed by atoms with Crippen LogP contribution in [0.1, 0.15) is 48.3 Å². The maximum absolute atomic E-state index is 13.0. The maximum atomic E-state index is 13.0. The molecule has 4 rings (SSSR count). The number of rotatable bonds is 5. The number of nitrogens with zero attached hydrogens (tertiary/aromatic N) is 2. The zero-order chi connectivity index (χ0) is 21.1. The molecular formula is C19H22N4O4S2. The van der Waals surface area contributed by atoms with Crippen LogP contribution >= 0.6 is 11.3 Å². The smallest absolute Gasteiger partial charge is 0.256 e. The number of benzene rings is 1. The number of hydrogen-bond acceptors (Lipinski definition) is 6. The number of amides is 2. The molecule has 0 saturated heterocycles. The van der Waals surface area contributed by atoms with Crippen LogP contribution in [0.25, 0.3) is 10.4 Å². The van der Waals surface area contributed by atoms with E-state index < -0.39 is 10.0 Å². The van der Waals surface area contributed by atoms with Crippen LogP contribution in [-0.4, -0.2) is 36.2 Å². The van der Waals surface area contributed by atoms with Crippen molar-refractivity contribution < 1.29 is 18.0 Å². The molecule has 3 N–H and O–H groups in total. The van der Waals surface area contributed by atoms with Gasteiger partial charge < -0.3 is 10.2 Å². The Kier molecular flexibility index (Phi) is 4.75. The van der Waals surface area contributed by atoms with Crippen LogP contribution in [0.2, 0.25) is 0 Å². The van der Waals surface area contributed by atoms with Crippen LogP contribution in [0, 0.1) is 12.8 Å². The van der Waals surface area contributed by atoms with Crippen molar-refractivity contribution in [3.8, 4) is 10.4 Å². The van der Waals surface area contributed by atoms with Crippen LogP contribution in [0.5, 0.6) is 0 Å². The van der Waals surface area contributed by atoms with E-state index in [9.17, 15) is 18.0 Å². The normalized spacial score (nSPS) is 17.4. The monoisotopic (exact) mass is 434 g/mol. The second-order valence-electron chi connectivity index (χ2n) is 7.68. The third kappa shape index (κ3) is 3.67. The van der Waals surface area contributed by atoms with Crippen molar-refractivity contribution in [3.05, 3.63) is 29.0 Å². The van der Waals surface area contributed by atoms with Crippen molar-refractivity contribution in [2.45, 2.75) is 51.1 Å². The molecule has 1 aromatic carbocycles. The predicted octanol–water partition coefficient (Wildman–Crippen LogP) is 2.48. The first kappa shape index (κ1) is 20.0. The van der Waals surface area contributed by atoms with E-state index in [1.54, 1.807) is 11.8 Å². The second-order valence-corrected chi connectivity index (χ2v) is 10.2. The minimum Gasteiger partial charge on any atom is -0.331 e. The molecule has 0 unspecified atom stereocenters. The average molecular weight is 435 g/mol. The summed E-state index contributed by atoms with van der Waals surface area (Å²) in [5.41, 5.74) is 2.10. The Morgan fingerprint density at radius 3 is 2.66 bits per heavy atom. The maximum Gasteiger partial charge on any atom is 0.256 e. The second kappa shape index (κ2) is 6.89. The molecule has 1 aliphatic carbocycles. The molecule has 2 aromatic rings. The van der Waals surface area contributed by atoms with Crippen molar-refractivity contribution in [1.29, 1.82) is 0 Å². The molecule has 154 valence electrons. The number of carbonyl (C=O) groups excluding carboxylic acids is 2. The first-order chi connectivity index (χ1) is 13.6. The number of nitrogens with one attached hydrogen (secondary N) is 1. The van der Waals surface area contributed by atoms with E-state index in [1.807, 2.05) is 13.0 Å². The number of thiazole rings is 1. The van der Waals surface area contributed by atoms with E-state index in [2.05, 4.69) is 10.3 Å². The molecule has 2 heterocycles. The first-order valence-electron chi connectivity index (χ1n) is 9.32. The summed E-state index contributed by atoms with van der Waals surface area (Å²) < 4.78 is 24.6. The standard InChI is InChI=1S/C19H22N4O4S2/c1-9-17(28-19(21-9)22-11(3)24)13-6-14-8-23(10(2)12-4-5-12)18(25)16(14)15(7-13)29(20,26)27/h6-7,10,12H,4-5,8H2,1-3H3,(H2,20,26,27)(H,21,22,24)/t10-/m0/s1. The highest BCUT2D eigenvalue weighted by atomic mass is 32.2. The Morgan fingerprint density at radius 1 is 1.38 bits per heavy atom. The Bertz CT molecular complexity index is 1140. The highest BCUT2D eigenvalue weighted by Gasteiger charge is 2.41. The third-order valence-corrected chi connectivity index (χ3v) is 7.50. The van der Waals surface area contributed by atoms with Gasteiger partial charge in [-0.1, -0.05) is 11.3 Å². The molecule has 1 aliphatic heterocycles. The summed E-state index contributed by atoms with van der Waals surface area (Å²) in [5, 5.41) is 8.55. The molecule has 8 nitrogen and oxygen atoms in total. The number of aryl methyl sites for hydroxylation is 1. The van der Waals surface area contributed by atoms with Crippen molar-refractivity contribution in [3.63, 3.8) is 0 Å². The van der Waals surface area contributed by atoms with Gasteiger partial charge in [-0.25, -0.2) is 18.5 Å². The molecule has 1 fully saturated rings. The number of anilines is 1. The molecule has 0 bridgehead atoms. The fraction of sp³-hybridized carbons (Fsp3) is 0.421. The van der Waals surface area contributed by atoms with Crippen molar-refractivity contribution in [1.82, 2.24) is 9.88 Å². The lowest BCUT2D eigenvalue weighted by Crippen LogP contribution is -2.35. The molecule has 10 heteroatoms. The van der Waals surface area contributed by atoms with Crippen molar-refractivity contribution in [2.24, 2.45) is 11.1 Å². The Morgan fingerprint density at radius 2 is 2.07 bits per heavy atom. The number of fused-ring (bicyclic) bond motifs is 1. The molecule has 29 heavy (non-hydrogen) atoms. The van der Waals surface area contributed by atoms with Gasteiger partial charge in [0.15, 0.2) is 5.13 Å².